The molecule has 0 radical (unpaired) electrons. The van der Waals surface area contributed by atoms with Crippen molar-refractivity contribution in [1.29, 1.82) is 10.8 Å². The highest BCUT2D eigenvalue weighted by Gasteiger charge is 2.22. The second-order valence-corrected chi connectivity index (χ2v) is 6.72. The molecule has 2 rings (SSSR count). The van der Waals surface area contributed by atoms with Crippen molar-refractivity contribution in [2.24, 2.45) is 0 Å². The van der Waals surface area contributed by atoms with Gasteiger partial charge in [0.15, 0.2) is 5.71 Å². The van der Waals surface area contributed by atoms with Crippen LogP contribution in [0.2, 0.25) is 10.0 Å². The van der Waals surface area contributed by atoms with Gasteiger partial charge in [-0.25, -0.2) is 4.79 Å². The number of hydrogen-bond acceptors (Lipinski definition) is 5. The number of carbonyl (C=O) groups is 1. The molecule has 120 valence electrons. The number of thiophene rings is 1. The summed E-state index contributed by atoms with van der Waals surface area (Å²) in [6.45, 7) is 1.82. The fourth-order valence-corrected chi connectivity index (χ4v) is 3.69. The van der Waals surface area contributed by atoms with Gasteiger partial charge < -0.3 is 4.74 Å². The van der Waals surface area contributed by atoms with E-state index in [1.807, 2.05) is 0 Å². The smallest absolute Gasteiger partial charge is 0.357 e. The van der Waals surface area contributed by atoms with E-state index in [0.29, 0.717) is 20.5 Å². The standard InChI is InChI=1S/C15H11Cl3N2O2S/c1-2-22-15(21)12(19)13-10(14(18)20)6-11(23-13)7-3-8(16)5-9(17)4-7/h3-6,19-20H,2H2,1H3. The number of benzene rings is 1. The number of carbonyl (C=O) groups excluding carboxylic acids is 1. The molecule has 2 N–H and O–H groups in total. The van der Waals surface area contributed by atoms with E-state index in [-0.39, 0.29) is 22.4 Å². The molecule has 0 unspecified atom stereocenters. The number of hydrogen-bond donors (Lipinski definition) is 2. The number of rotatable bonds is 5. The van der Waals surface area contributed by atoms with E-state index in [9.17, 15) is 4.79 Å². The van der Waals surface area contributed by atoms with Gasteiger partial charge in [-0.15, -0.1) is 11.3 Å². The summed E-state index contributed by atoms with van der Waals surface area (Å²) in [6.07, 6.45) is 0. The highest BCUT2D eigenvalue weighted by molar-refractivity contribution is 7.18. The molecule has 2 aromatic rings. The molecular weight excluding hydrogens is 379 g/mol. The van der Waals surface area contributed by atoms with Crippen LogP contribution < -0.4 is 0 Å². The van der Waals surface area contributed by atoms with Gasteiger partial charge >= 0.3 is 5.97 Å². The van der Waals surface area contributed by atoms with E-state index in [1.54, 1.807) is 31.2 Å². The molecule has 0 fully saturated rings. The van der Waals surface area contributed by atoms with Crippen LogP contribution in [0.4, 0.5) is 0 Å². The van der Waals surface area contributed by atoms with Crippen LogP contribution in [-0.4, -0.2) is 23.5 Å². The molecule has 0 aliphatic carbocycles. The zero-order chi connectivity index (χ0) is 17.1. The predicted octanol–water partition coefficient (Wildman–Crippen LogP) is 5.22. The first-order valence-corrected chi connectivity index (χ1v) is 8.39. The minimum absolute atomic E-state index is 0.164. The first kappa shape index (κ1) is 17.9. The average molecular weight is 390 g/mol. The molecule has 0 atom stereocenters. The van der Waals surface area contributed by atoms with Gasteiger partial charge in [-0.05, 0) is 36.8 Å². The Kier molecular flexibility index (Phi) is 5.81. The molecule has 4 nitrogen and oxygen atoms in total. The SMILES string of the molecule is CCOC(=O)C(=N)c1sc(-c2cc(Cl)cc(Cl)c2)cc1C(=N)Cl. The van der Waals surface area contributed by atoms with E-state index in [0.717, 1.165) is 16.9 Å². The second kappa shape index (κ2) is 7.45. The van der Waals surface area contributed by atoms with Crippen LogP contribution in [0.25, 0.3) is 10.4 Å². The van der Waals surface area contributed by atoms with Crippen molar-refractivity contribution in [3.05, 3.63) is 44.8 Å². The van der Waals surface area contributed by atoms with Crippen molar-refractivity contribution in [2.75, 3.05) is 6.61 Å². The van der Waals surface area contributed by atoms with Gasteiger partial charge in [-0.2, -0.15) is 0 Å². The van der Waals surface area contributed by atoms with E-state index >= 15 is 0 Å². The van der Waals surface area contributed by atoms with Gasteiger partial charge in [0.25, 0.3) is 0 Å². The summed E-state index contributed by atoms with van der Waals surface area (Å²) < 4.78 is 4.83. The minimum Gasteiger partial charge on any atom is -0.461 e. The monoisotopic (exact) mass is 388 g/mol. The molecule has 8 heteroatoms. The zero-order valence-corrected chi connectivity index (χ0v) is 15.0. The summed E-state index contributed by atoms with van der Waals surface area (Å²) in [7, 11) is 0. The lowest BCUT2D eigenvalue weighted by Gasteiger charge is -2.03. The van der Waals surface area contributed by atoms with Crippen LogP contribution >= 0.6 is 46.1 Å². The summed E-state index contributed by atoms with van der Waals surface area (Å²) in [5.41, 5.74) is 0.673. The topological polar surface area (TPSA) is 74.0 Å². The first-order chi connectivity index (χ1) is 10.8. The van der Waals surface area contributed by atoms with Crippen molar-refractivity contribution in [1.82, 2.24) is 0 Å². The van der Waals surface area contributed by atoms with Crippen LogP contribution in [0, 0.1) is 10.8 Å². The number of ether oxygens (including phenoxy) is 1. The van der Waals surface area contributed by atoms with Crippen LogP contribution in [0.5, 0.6) is 0 Å². The lowest BCUT2D eigenvalue weighted by molar-refractivity contribution is -0.135. The van der Waals surface area contributed by atoms with E-state index in [4.69, 9.17) is 50.4 Å². The van der Waals surface area contributed by atoms with Crippen LogP contribution in [-0.2, 0) is 9.53 Å². The zero-order valence-electron chi connectivity index (χ0n) is 11.9. The van der Waals surface area contributed by atoms with Gasteiger partial charge in [0, 0.05) is 20.5 Å². The van der Waals surface area contributed by atoms with Gasteiger partial charge in [-0.3, -0.25) is 10.8 Å². The van der Waals surface area contributed by atoms with Gasteiger partial charge in [0.2, 0.25) is 0 Å². The maximum atomic E-state index is 11.8. The third-order valence-electron chi connectivity index (χ3n) is 2.82. The van der Waals surface area contributed by atoms with E-state index < -0.39 is 5.97 Å². The molecule has 1 aromatic heterocycles. The molecule has 1 aromatic carbocycles. The Morgan fingerprint density at radius 2 is 1.78 bits per heavy atom. The number of halogens is 3. The summed E-state index contributed by atoms with van der Waals surface area (Å²) in [5.74, 6) is -0.760. The van der Waals surface area contributed by atoms with Crippen molar-refractivity contribution < 1.29 is 9.53 Å². The first-order valence-electron chi connectivity index (χ1n) is 6.44. The molecule has 0 aliphatic rings. The number of esters is 1. The van der Waals surface area contributed by atoms with Crippen molar-refractivity contribution >= 4 is 63.0 Å². The van der Waals surface area contributed by atoms with Crippen molar-refractivity contribution in [2.45, 2.75) is 6.92 Å². The quantitative estimate of drug-likeness (QED) is 0.543. The third kappa shape index (κ3) is 4.12. The maximum Gasteiger partial charge on any atom is 0.357 e. The molecule has 0 saturated heterocycles. The molecular formula is C15H11Cl3N2O2S. The Morgan fingerprint density at radius 3 is 2.30 bits per heavy atom. The van der Waals surface area contributed by atoms with Crippen LogP contribution in [0.1, 0.15) is 17.4 Å². The molecule has 0 amide bonds. The average Bonchev–Trinajstić information content (AvgIpc) is 2.91. The normalized spacial score (nSPS) is 10.4. The fraction of sp³-hybridized carbons (Fsp3) is 0.133. The lowest BCUT2D eigenvalue weighted by Crippen LogP contribution is -2.18. The van der Waals surface area contributed by atoms with Gasteiger partial charge in [0.1, 0.15) is 5.17 Å². The highest BCUT2D eigenvalue weighted by atomic mass is 35.5. The largest absolute Gasteiger partial charge is 0.461 e. The van der Waals surface area contributed by atoms with Gasteiger partial charge in [-0.1, -0.05) is 34.8 Å². The fourth-order valence-electron chi connectivity index (χ4n) is 1.87. The maximum absolute atomic E-state index is 11.8. The summed E-state index contributed by atoms with van der Waals surface area (Å²) >= 11 is 18.9. The molecule has 0 aliphatic heterocycles. The molecule has 0 bridgehead atoms. The predicted molar refractivity (Wildman–Crippen MR) is 95.9 cm³/mol. The molecule has 0 spiro atoms. The Morgan fingerprint density at radius 1 is 1.17 bits per heavy atom. The molecule has 0 saturated carbocycles. The third-order valence-corrected chi connectivity index (χ3v) is 4.66. The second-order valence-electron chi connectivity index (χ2n) is 4.42. The number of nitrogens with one attached hydrogen (secondary N) is 2. The van der Waals surface area contributed by atoms with Crippen LogP contribution in [0.15, 0.2) is 24.3 Å². The summed E-state index contributed by atoms with van der Waals surface area (Å²) in [6, 6.07) is 6.65. The minimum atomic E-state index is -0.760. The Balaban J connectivity index is 2.52. The van der Waals surface area contributed by atoms with E-state index in [1.165, 1.54) is 0 Å². The Labute approximate surface area is 152 Å². The van der Waals surface area contributed by atoms with E-state index in [2.05, 4.69) is 0 Å². The Hall–Kier alpha value is -1.40. The summed E-state index contributed by atoms with van der Waals surface area (Å²) in [4.78, 5) is 12.7. The van der Waals surface area contributed by atoms with Gasteiger partial charge in [0.05, 0.1) is 11.5 Å². The Bertz CT molecular complexity index is 782. The molecule has 23 heavy (non-hydrogen) atoms. The highest BCUT2D eigenvalue weighted by Crippen LogP contribution is 2.35. The molecule has 1 heterocycles. The van der Waals surface area contributed by atoms with Crippen LogP contribution in [0.3, 0.4) is 0 Å². The van der Waals surface area contributed by atoms with Crippen molar-refractivity contribution in [3.63, 3.8) is 0 Å². The summed E-state index contributed by atoms with van der Waals surface area (Å²) in [5, 5.41) is 16.3. The van der Waals surface area contributed by atoms with Crippen molar-refractivity contribution in [3.8, 4) is 10.4 Å². The lowest BCUT2D eigenvalue weighted by atomic mass is 10.1.